The van der Waals surface area contributed by atoms with E-state index in [1.807, 2.05) is 25.4 Å². The predicted octanol–water partition coefficient (Wildman–Crippen LogP) is 0.673. The molecule has 6 heteroatoms. The third kappa shape index (κ3) is 6.84. The number of rotatable bonds is 7. The first-order valence-corrected chi connectivity index (χ1v) is 8.92. The zero-order valence-electron chi connectivity index (χ0n) is 15.3. The van der Waals surface area contributed by atoms with E-state index in [0.29, 0.717) is 5.92 Å². The fraction of sp³-hybridized carbons (Fsp3) is 0.667. The molecule has 1 fully saturated rings. The summed E-state index contributed by atoms with van der Waals surface area (Å²) in [4.78, 5) is 13.6. The number of piperazine rings is 1. The lowest BCUT2D eigenvalue weighted by Crippen LogP contribution is -2.47. The smallest absolute Gasteiger partial charge is 0.190 e. The van der Waals surface area contributed by atoms with Gasteiger partial charge in [-0.3, -0.25) is 9.98 Å². The number of aliphatic imine (C=N–C) groups is 1. The maximum Gasteiger partial charge on any atom is 0.190 e. The number of guanidine groups is 1. The number of nitrogens with one attached hydrogen (secondary N) is 2. The highest BCUT2D eigenvalue weighted by molar-refractivity contribution is 5.79. The molecule has 134 valence electrons. The van der Waals surface area contributed by atoms with Crippen molar-refractivity contribution in [3.05, 3.63) is 30.1 Å². The van der Waals surface area contributed by atoms with Gasteiger partial charge in [0.2, 0.25) is 0 Å². The quantitative estimate of drug-likeness (QED) is 0.568. The first-order valence-electron chi connectivity index (χ1n) is 8.92. The van der Waals surface area contributed by atoms with E-state index in [9.17, 15) is 0 Å². The Morgan fingerprint density at radius 1 is 1.25 bits per heavy atom. The second kappa shape index (κ2) is 10.3. The fourth-order valence-electron chi connectivity index (χ4n) is 2.88. The molecule has 0 spiro atoms. The van der Waals surface area contributed by atoms with Crippen LogP contribution in [-0.2, 0) is 6.42 Å². The molecule has 0 aliphatic carbocycles. The lowest BCUT2D eigenvalue weighted by Gasteiger charge is -2.34. The first kappa shape index (κ1) is 18.7. The molecule has 1 unspecified atom stereocenters. The number of aromatic nitrogens is 1. The van der Waals surface area contributed by atoms with Crippen molar-refractivity contribution in [1.82, 2.24) is 25.4 Å². The molecule has 24 heavy (non-hydrogen) atoms. The van der Waals surface area contributed by atoms with E-state index in [1.54, 1.807) is 0 Å². The summed E-state index contributed by atoms with van der Waals surface area (Å²) in [6.07, 6.45) is 2.74. The maximum atomic E-state index is 4.34. The molecule has 2 heterocycles. The van der Waals surface area contributed by atoms with Gasteiger partial charge in [0.15, 0.2) is 5.96 Å². The molecule has 1 aliphatic rings. The van der Waals surface area contributed by atoms with E-state index < -0.39 is 0 Å². The van der Waals surface area contributed by atoms with Crippen LogP contribution in [0.4, 0.5) is 0 Å². The van der Waals surface area contributed by atoms with Gasteiger partial charge in [-0.15, -0.1) is 0 Å². The summed E-state index contributed by atoms with van der Waals surface area (Å²) >= 11 is 0. The van der Waals surface area contributed by atoms with Gasteiger partial charge in [0, 0.05) is 71.2 Å². The highest BCUT2D eigenvalue weighted by atomic mass is 15.2. The lowest BCUT2D eigenvalue weighted by atomic mass is 10.1. The summed E-state index contributed by atoms with van der Waals surface area (Å²) in [6.45, 7) is 9.93. The van der Waals surface area contributed by atoms with Crippen LogP contribution in [0, 0.1) is 5.92 Å². The van der Waals surface area contributed by atoms with E-state index in [2.05, 4.69) is 50.4 Å². The Morgan fingerprint density at radius 3 is 2.71 bits per heavy atom. The SMILES string of the molecule is CN=C(NCCc1ccccn1)NCC(C)CN1CCN(C)CC1. The summed E-state index contributed by atoms with van der Waals surface area (Å²) in [7, 11) is 4.02. The summed E-state index contributed by atoms with van der Waals surface area (Å²) in [6, 6.07) is 6.02. The largest absolute Gasteiger partial charge is 0.356 e. The fourth-order valence-corrected chi connectivity index (χ4v) is 2.88. The minimum atomic E-state index is 0.600. The average molecular weight is 332 g/mol. The topological polar surface area (TPSA) is 55.8 Å². The number of hydrogen-bond acceptors (Lipinski definition) is 4. The van der Waals surface area contributed by atoms with Crippen molar-refractivity contribution < 1.29 is 0 Å². The van der Waals surface area contributed by atoms with Gasteiger partial charge in [-0.1, -0.05) is 13.0 Å². The number of nitrogens with zero attached hydrogens (tertiary/aromatic N) is 4. The van der Waals surface area contributed by atoms with E-state index in [4.69, 9.17) is 0 Å². The van der Waals surface area contributed by atoms with Crippen molar-refractivity contribution in [1.29, 1.82) is 0 Å². The number of likely N-dealkylation sites (N-methyl/N-ethyl adjacent to an activating group) is 1. The Kier molecular flexibility index (Phi) is 7.98. The Bertz CT molecular complexity index is 482. The molecule has 0 aromatic carbocycles. The van der Waals surface area contributed by atoms with Gasteiger partial charge in [-0.05, 0) is 25.1 Å². The van der Waals surface area contributed by atoms with Crippen molar-refractivity contribution >= 4 is 5.96 Å². The molecule has 1 aromatic rings. The maximum absolute atomic E-state index is 4.34. The van der Waals surface area contributed by atoms with Crippen LogP contribution in [0.5, 0.6) is 0 Å². The van der Waals surface area contributed by atoms with Crippen LogP contribution in [0.25, 0.3) is 0 Å². The van der Waals surface area contributed by atoms with Crippen LogP contribution in [0.2, 0.25) is 0 Å². The van der Waals surface area contributed by atoms with Crippen molar-refractivity contribution in [3.63, 3.8) is 0 Å². The van der Waals surface area contributed by atoms with Gasteiger partial charge >= 0.3 is 0 Å². The molecule has 2 N–H and O–H groups in total. The third-order valence-electron chi connectivity index (χ3n) is 4.41. The van der Waals surface area contributed by atoms with Crippen molar-refractivity contribution in [2.24, 2.45) is 10.9 Å². The minimum Gasteiger partial charge on any atom is -0.356 e. The molecule has 1 atom stereocenters. The van der Waals surface area contributed by atoms with Crippen LogP contribution in [0.15, 0.2) is 29.4 Å². The van der Waals surface area contributed by atoms with Gasteiger partial charge in [0.05, 0.1) is 0 Å². The Morgan fingerprint density at radius 2 is 2.04 bits per heavy atom. The van der Waals surface area contributed by atoms with Gasteiger partial charge in [-0.25, -0.2) is 0 Å². The first-order chi connectivity index (χ1) is 11.7. The Hall–Kier alpha value is -1.66. The molecule has 1 aromatic heterocycles. The molecule has 1 aliphatic heterocycles. The van der Waals surface area contributed by atoms with Gasteiger partial charge < -0.3 is 20.4 Å². The van der Waals surface area contributed by atoms with E-state index >= 15 is 0 Å². The van der Waals surface area contributed by atoms with Crippen LogP contribution in [0.1, 0.15) is 12.6 Å². The van der Waals surface area contributed by atoms with Crippen LogP contribution in [-0.4, -0.2) is 80.7 Å². The summed E-state index contributed by atoms with van der Waals surface area (Å²) in [5, 5.41) is 6.80. The molecule has 6 nitrogen and oxygen atoms in total. The molecule has 0 amide bonds. The van der Waals surface area contributed by atoms with Gasteiger partial charge in [0.25, 0.3) is 0 Å². The summed E-state index contributed by atoms with van der Waals surface area (Å²) in [5.74, 6) is 1.47. The molecule has 0 radical (unpaired) electrons. The summed E-state index contributed by atoms with van der Waals surface area (Å²) in [5.41, 5.74) is 1.10. The Labute approximate surface area is 146 Å². The van der Waals surface area contributed by atoms with E-state index in [1.165, 1.54) is 26.2 Å². The van der Waals surface area contributed by atoms with Crippen LogP contribution >= 0.6 is 0 Å². The molecule has 2 rings (SSSR count). The zero-order chi connectivity index (χ0) is 17.2. The minimum absolute atomic E-state index is 0.600. The highest BCUT2D eigenvalue weighted by Gasteiger charge is 2.16. The standard InChI is InChI=1S/C18H32N6/c1-16(15-24-12-10-23(3)11-13-24)14-22-18(19-2)21-9-7-17-6-4-5-8-20-17/h4-6,8,16H,7,9-15H2,1-3H3,(H2,19,21,22). The number of pyridine rings is 1. The number of hydrogen-bond donors (Lipinski definition) is 2. The second-order valence-corrected chi connectivity index (χ2v) is 6.66. The van der Waals surface area contributed by atoms with Gasteiger partial charge in [-0.2, -0.15) is 0 Å². The molecular formula is C18H32N6. The van der Waals surface area contributed by atoms with Crippen molar-refractivity contribution in [2.45, 2.75) is 13.3 Å². The van der Waals surface area contributed by atoms with Crippen LogP contribution < -0.4 is 10.6 Å². The normalized spacial score (nSPS) is 18.4. The Balaban J connectivity index is 1.62. The second-order valence-electron chi connectivity index (χ2n) is 6.66. The van der Waals surface area contributed by atoms with Crippen molar-refractivity contribution in [3.8, 4) is 0 Å². The molecule has 0 bridgehead atoms. The average Bonchev–Trinajstić information content (AvgIpc) is 2.61. The zero-order valence-corrected chi connectivity index (χ0v) is 15.3. The predicted molar refractivity (Wildman–Crippen MR) is 100 cm³/mol. The van der Waals surface area contributed by atoms with E-state index in [0.717, 1.165) is 37.7 Å². The van der Waals surface area contributed by atoms with E-state index in [-0.39, 0.29) is 0 Å². The van der Waals surface area contributed by atoms with Crippen molar-refractivity contribution in [2.75, 3.05) is 59.9 Å². The van der Waals surface area contributed by atoms with Gasteiger partial charge in [0.1, 0.15) is 0 Å². The molecule has 0 saturated carbocycles. The summed E-state index contributed by atoms with van der Waals surface area (Å²) < 4.78 is 0. The molecule has 1 saturated heterocycles. The van der Waals surface area contributed by atoms with Crippen LogP contribution in [0.3, 0.4) is 0 Å². The third-order valence-corrected chi connectivity index (χ3v) is 4.41. The highest BCUT2D eigenvalue weighted by Crippen LogP contribution is 2.03. The monoisotopic (exact) mass is 332 g/mol. The molecular weight excluding hydrogens is 300 g/mol. The lowest BCUT2D eigenvalue weighted by molar-refractivity contribution is 0.139.